The molecule has 0 atom stereocenters. The number of hydrogen-bond donors (Lipinski definition) is 1. The van der Waals surface area contributed by atoms with Gasteiger partial charge in [-0.1, -0.05) is 6.07 Å². The summed E-state index contributed by atoms with van der Waals surface area (Å²) in [5, 5.41) is 15.8. The summed E-state index contributed by atoms with van der Waals surface area (Å²) in [7, 11) is -4.31. The largest absolute Gasteiger partial charge is 0.845 e. The Morgan fingerprint density at radius 1 is 1.09 bits per heavy atom. The fourth-order valence-corrected chi connectivity index (χ4v) is 6.43. The third-order valence-corrected chi connectivity index (χ3v) is 7.98. The molecular formula is C23H28N3O5S-. The Kier molecular flexibility index (Phi) is 5.63. The van der Waals surface area contributed by atoms with E-state index in [-0.39, 0.29) is 11.9 Å². The van der Waals surface area contributed by atoms with Gasteiger partial charge in [-0.15, -0.1) is 4.40 Å². The van der Waals surface area contributed by atoms with Crippen molar-refractivity contribution >= 4 is 27.8 Å². The number of anilines is 2. The van der Waals surface area contributed by atoms with Crippen LogP contribution < -0.4 is 14.7 Å². The summed E-state index contributed by atoms with van der Waals surface area (Å²) in [6, 6.07) is 2.68. The number of hydrogen-bond acceptors (Lipinski definition) is 5. The van der Waals surface area contributed by atoms with Crippen LogP contribution >= 0.6 is 0 Å². The van der Waals surface area contributed by atoms with E-state index in [0.717, 1.165) is 65.2 Å². The van der Waals surface area contributed by atoms with Crippen molar-refractivity contribution in [1.82, 2.24) is 0 Å². The van der Waals surface area contributed by atoms with Crippen molar-refractivity contribution in [3.8, 4) is 0 Å². The van der Waals surface area contributed by atoms with Gasteiger partial charge in [0.15, 0.2) is 0 Å². The quantitative estimate of drug-likeness (QED) is 0.545. The highest BCUT2D eigenvalue weighted by atomic mass is 32.2. The van der Waals surface area contributed by atoms with Crippen LogP contribution in [0.3, 0.4) is 0 Å². The van der Waals surface area contributed by atoms with E-state index < -0.39 is 16.2 Å². The summed E-state index contributed by atoms with van der Waals surface area (Å²) in [4.78, 5) is 0. The first kappa shape index (κ1) is 21.3. The lowest BCUT2D eigenvalue weighted by Crippen LogP contribution is -2.44. The minimum atomic E-state index is -4.31. The van der Waals surface area contributed by atoms with Crippen LogP contribution in [-0.2, 0) is 40.6 Å². The van der Waals surface area contributed by atoms with Crippen molar-refractivity contribution in [2.45, 2.75) is 64.3 Å². The molecule has 1 aromatic heterocycles. The summed E-state index contributed by atoms with van der Waals surface area (Å²) >= 11 is 0. The molecule has 1 fully saturated rings. The molecule has 1 saturated heterocycles. The molecule has 2 aliphatic carbocycles. The molecule has 1 N–H and O–H groups in total. The molecule has 0 saturated carbocycles. The number of fused-ring (bicyclic) bond motifs is 2. The molecule has 0 unspecified atom stereocenters. The number of aryl methyl sites for hydroxylation is 3. The lowest BCUT2D eigenvalue weighted by molar-refractivity contribution is -0.213. The zero-order valence-electron chi connectivity index (χ0n) is 18.2. The molecule has 8 nitrogen and oxygen atoms in total. The Labute approximate surface area is 188 Å². The predicted molar refractivity (Wildman–Crippen MR) is 120 cm³/mol. The van der Waals surface area contributed by atoms with Crippen molar-refractivity contribution in [3.63, 3.8) is 0 Å². The van der Waals surface area contributed by atoms with Crippen molar-refractivity contribution in [1.29, 1.82) is 0 Å². The Bertz CT molecular complexity index is 1120. The first-order chi connectivity index (χ1) is 15.4. The lowest BCUT2D eigenvalue weighted by Gasteiger charge is -2.32. The Morgan fingerprint density at radius 3 is 2.34 bits per heavy atom. The average Bonchev–Trinajstić information content (AvgIpc) is 3.49. The molecule has 0 radical (unpaired) electrons. The van der Waals surface area contributed by atoms with Crippen molar-refractivity contribution in [2.75, 3.05) is 22.8 Å². The van der Waals surface area contributed by atoms with Gasteiger partial charge in [0.1, 0.15) is 0 Å². The van der Waals surface area contributed by atoms with E-state index in [4.69, 9.17) is 9.15 Å². The Hall–Kier alpha value is -2.52. The molecule has 1 aromatic carbocycles. The predicted octanol–water partition coefficient (Wildman–Crippen LogP) is 2.62. The number of furan rings is 1. The molecule has 2 heterocycles. The fraction of sp³-hybridized carbons (Fsp3) is 0.522. The molecular weight excluding hydrogens is 430 g/mol. The van der Waals surface area contributed by atoms with E-state index in [1.165, 1.54) is 17.4 Å². The minimum Gasteiger partial charge on any atom is -0.845 e. The highest BCUT2D eigenvalue weighted by Gasteiger charge is 2.34. The zero-order valence-corrected chi connectivity index (χ0v) is 19.0. The van der Waals surface area contributed by atoms with Gasteiger partial charge in [-0.25, -0.2) is 4.31 Å². The molecule has 32 heavy (non-hydrogen) atoms. The first-order valence-electron chi connectivity index (χ1n) is 11.3. The van der Waals surface area contributed by atoms with Gasteiger partial charge in [0.05, 0.1) is 18.3 Å². The maximum Gasteiger partial charge on any atom is 0.348 e. The molecule has 0 amide bonds. The lowest BCUT2D eigenvalue weighted by atomic mass is 9.99. The monoisotopic (exact) mass is 458 g/mol. The zero-order chi connectivity index (χ0) is 22.3. The van der Waals surface area contributed by atoms with Gasteiger partial charge in [-0.05, 0) is 86.1 Å². The van der Waals surface area contributed by atoms with Gasteiger partial charge in [0.25, 0.3) is 0 Å². The average molecular weight is 459 g/mol. The topological polar surface area (TPSA) is 107 Å². The third-order valence-electron chi connectivity index (χ3n) is 6.61. The molecule has 2 aromatic rings. The SMILES string of the molecule is Cc1coc(N(C2CCOCC2)S(=O)(=O)/N=C(\[O-])Nc2c3c(cc4c2CCC4)CCC3)c1. The molecule has 5 rings (SSSR count). The van der Waals surface area contributed by atoms with E-state index in [0.29, 0.717) is 26.1 Å². The van der Waals surface area contributed by atoms with Gasteiger partial charge in [-0.3, -0.25) is 0 Å². The maximum absolute atomic E-state index is 13.3. The van der Waals surface area contributed by atoms with Crippen LogP contribution in [0.5, 0.6) is 0 Å². The van der Waals surface area contributed by atoms with Gasteiger partial charge in [0.2, 0.25) is 5.88 Å². The molecule has 1 aliphatic heterocycles. The van der Waals surface area contributed by atoms with Crippen molar-refractivity contribution in [2.24, 2.45) is 4.40 Å². The van der Waals surface area contributed by atoms with Crippen molar-refractivity contribution in [3.05, 3.63) is 46.2 Å². The van der Waals surface area contributed by atoms with E-state index in [9.17, 15) is 13.5 Å². The smallest absolute Gasteiger partial charge is 0.348 e. The van der Waals surface area contributed by atoms with Gasteiger partial charge >= 0.3 is 10.2 Å². The van der Waals surface area contributed by atoms with Crippen LogP contribution in [0.4, 0.5) is 11.6 Å². The maximum atomic E-state index is 13.3. The standard InChI is InChI=1S/C23H29N3O5S/c1-15-12-21(31-14-15)26(18-8-10-30-11-9-18)32(28,29)25-23(27)24-22-19-6-2-4-16(19)13-17-5-3-7-20(17)22/h12-14,18H,2-11H2,1H3,(H2,24,25,27)/p-1. The summed E-state index contributed by atoms with van der Waals surface area (Å²) < 4.78 is 42.3. The summed E-state index contributed by atoms with van der Waals surface area (Å²) in [5.74, 6) is 0.174. The summed E-state index contributed by atoms with van der Waals surface area (Å²) in [5.41, 5.74) is 6.37. The number of nitrogens with zero attached hydrogens (tertiary/aromatic N) is 2. The molecule has 9 heteroatoms. The second kappa shape index (κ2) is 8.44. The van der Waals surface area contributed by atoms with Crippen LogP contribution in [0.1, 0.15) is 53.5 Å². The first-order valence-corrected chi connectivity index (χ1v) is 12.7. The van der Waals surface area contributed by atoms with Crippen LogP contribution in [0.2, 0.25) is 0 Å². The van der Waals surface area contributed by atoms with Crippen LogP contribution in [-0.4, -0.2) is 33.7 Å². The van der Waals surface area contributed by atoms with E-state index in [1.54, 1.807) is 6.07 Å². The Morgan fingerprint density at radius 2 is 1.75 bits per heavy atom. The summed E-state index contributed by atoms with van der Waals surface area (Å²) in [6.07, 6.45) is 8.39. The number of rotatable bonds is 5. The van der Waals surface area contributed by atoms with Crippen molar-refractivity contribution < 1.29 is 22.7 Å². The Balaban J connectivity index is 1.48. The van der Waals surface area contributed by atoms with Gasteiger partial charge in [0, 0.05) is 25.0 Å². The van der Waals surface area contributed by atoms with Gasteiger partial charge in [-0.2, -0.15) is 8.42 Å². The van der Waals surface area contributed by atoms with E-state index in [1.807, 2.05) is 6.92 Å². The third kappa shape index (κ3) is 3.99. The molecule has 0 bridgehead atoms. The second-order valence-electron chi connectivity index (χ2n) is 8.83. The molecule has 3 aliphatic rings. The highest BCUT2D eigenvalue weighted by Crippen LogP contribution is 2.38. The fourth-order valence-electron chi connectivity index (χ4n) is 5.18. The second-order valence-corrected chi connectivity index (χ2v) is 10.3. The normalized spacial score (nSPS) is 19.1. The minimum absolute atomic E-state index is 0.174. The highest BCUT2D eigenvalue weighted by molar-refractivity contribution is 7.91. The van der Waals surface area contributed by atoms with Crippen LogP contribution in [0, 0.1) is 6.92 Å². The van der Waals surface area contributed by atoms with Gasteiger partial charge < -0.3 is 19.6 Å². The molecule has 172 valence electrons. The van der Waals surface area contributed by atoms with Crippen LogP contribution in [0.25, 0.3) is 0 Å². The van der Waals surface area contributed by atoms with E-state index in [2.05, 4.69) is 15.8 Å². The van der Waals surface area contributed by atoms with Crippen LogP contribution in [0.15, 0.2) is 27.2 Å². The number of amidine groups is 1. The molecule has 0 spiro atoms. The summed E-state index contributed by atoms with van der Waals surface area (Å²) in [6.45, 7) is 2.72. The number of benzene rings is 1. The van der Waals surface area contributed by atoms with E-state index >= 15 is 0 Å². The number of ether oxygens (including phenoxy) is 1. The number of nitrogens with one attached hydrogen (secondary N) is 1.